The number of fused-ring (bicyclic) bond motifs is 1. The Labute approximate surface area is 278 Å². The average molecular weight is 683 g/mol. The second-order valence-electron chi connectivity index (χ2n) is 12.4. The highest BCUT2D eigenvalue weighted by molar-refractivity contribution is 7.16. The van der Waals surface area contributed by atoms with E-state index >= 15 is 0 Å². The lowest BCUT2D eigenvalue weighted by molar-refractivity contribution is 0.0517. The Morgan fingerprint density at radius 3 is 2.61 bits per heavy atom. The number of para-hydroxylation sites is 1. The van der Waals surface area contributed by atoms with Crippen molar-refractivity contribution in [2.24, 2.45) is 4.99 Å². The molecule has 1 saturated heterocycles. The Kier molecular flexibility index (Phi) is 10.5. The Balaban J connectivity index is 1.39. The number of benzene rings is 1. The Morgan fingerprint density at radius 2 is 1.91 bits per heavy atom. The van der Waals surface area contributed by atoms with E-state index in [-0.39, 0.29) is 24.2 Å². The predicted molar refractivity (Wildman–Crippen MR) is 185 cm³/mol. The zero-order chi connectivity index (χ0) is 33.0. The molecule has 0 aliphatic carbocycles. The van der Waals surface area contributed by atoms with E-state index in [0.29, 0.717) is 43.1 Å². The van der Waals surface area contributed by atoms with Gasteiger partial charge in [0.25, 0.3) is 0 Å². The highest BCUT2D eigenvalue weighted by Crippen LogP contribution is 2.39. The summed E-state index contributed by atoms with van der Waals surface area (Å²) in [6.45, 7) is 15.6. The summed E-state index contributed by atoms with van der Waals surface area (Å²) in [7, 11) is 0.644. The number of carbonyl (C=O) groups excluding carboxylic acids is 2. The van der Waals surface area contributed by atoms with Crippen LogP contribution in [0.2, 0.25) is 25.7 Å². The molecule has 2 amide bonds. The number of aromatic nitrogens is 4. The number of urea groups is 1. The predicted octanol–water partition coefficient (Wildman–Crippen LogP) is 5.88. The van der Waals surface area contributed by atoms with E-state index < -0.39 is 14.0 Å². The maximum atomic E-state index is 12.9. The number of rotatable bonds is 12. The minimum Gasteiger partial charge on any atom is -0.461 e. The lowest BCUT2D eigenvalue weighted by Gasteiger charge is -2.38. The summed E-state index contributed by atoms with van der Waals surface area (Å²) in [5.41, 5.74) is 2.20. The van der Waals surface area contributed by atoms with Crippen LogP contribution in [0, 0.1) is 6.92 Å². The number of ether oxygens (including phenoxy) is 2. The summed E-state index contributed by atoms with van der Waals surface area (Å²) < 4.78 is 14.6. The number of likely N-dealkylation sites (tertiary alicyclic amines) is 1. The number of anilines is 2. The molecule has 1 fully saturated rings. The third-order valence-corrected chi connectivity index (χ3v) is 11.6. The van der Waals surface area contributed by atoms with E-state index in [1.54, 1.807) is 23.2 Å². The van der Waals surface area contributed by atoms with Gasteiger partial charge >= 0.3 is 12.0 Å². The fourth-order valence-electron chi connectivity index (χ4n) is 4.85. The van der Waals surface area contributed by atoms with E-state index in [1.165, 1.54) is 11.3 Å². The Hall–Kier alpha value is -3.66. The van der Waals surface area contributed by atoms with Crippen molar-refractivity contribution in [2.45, 2.75) is 59.1 Å². The molecule has 0 unspecified atom stereocenters. The average Bonchev–Trinajstić information content (AvgIpc) is 3.57. The number of thiazole rings is 2. The van der Waals surface area contributed by atoms with Crippen LogP contribution in [0.4, 0.5) is 21.6 Å². The summed E-state index contributed by atoms with van der Waals surface area (Å²) >= 11 is 3.00. The highest BCUT2D eigenvalue weighted by atomic mass is 32.1. The minimum atomic E-state index is -1.20. The van der Waals surface area contributed by atoms with Gasteiger partial charge in [-0.3, -0.25) is 4.57 Å². The molecule has 4 aromatic rings. The molecule has 5 rings (SSSR count). The van der Waals surface area contributed by atoms with Gasteiger partial charge in [-0.25, -0.2) is 14.6 Å². The molecule has 4 heterocycles. The monoisotopic (exact) mass is 682 g/mol. The van der Waals surface area contributed by atoms with E-state index in [0.717, 1.165) is 38.1 Å². The van der Waals surface area contributed by atoms with Crippen molar-refractivity contribution in [3.05, 3.63) is 51.3 Å². The Bertz CT molecular complexity index is 1770. The molecular formula is C31H42N8O4S2Si. The maximum absolute atomic E-state index is 12.9. The first-order valence-corrected chi connectivity index (χ1v) is 20.8. The minimum absolute atomic E-state index is 0.00295. The van der Waals surface area contributed by atoms with Gasteiger partial charge in [0.1, 0.15) is 6.73 Å². The van der Waals surface area contributed by atoms with Gasteiger partial charge in [-0.15, -0.1) is 21.5 Å². The zero-order valence-electron chi connectivity index (χ0n) is 27.5. The normalized spacial score (nSPS) is 14.1. The highest BCUT2D eigenvalue weighted by Gasteiger charge is 2.37. The molecule has 46 heavy (non-hydrogen) atoms. The van der Waals surface area contributed by atoms with Gasteiger partial charge in [0.15, 0.2) is 27.3 Å². The molecule has 0 atom stereocenters. The third kappa shape index (κ3) is 7.65. The lowest BCUT2D eigenvalue weighted by Crippen LogP contribution is -2.52. The molecule has 1 aliphatic rings. The maximum Gasteiger partial charge on any atom is 0.358 e. The first kappa shape index (κ1) is 33.7. The molecule has 246 valence electrons. The van der Waals surface area contributed by atoms with Crippen LogP contribution in [-0.4, -0.2) is 84.6 Å². The number of amides is 2. The summed E-state index contributed by atoms with van der Waals surface area (Å²) in [5.74, 6) is 0.626. The summed E-state index contributed by atoms with van der Waals surface area (Å²) in [6, 6.07) is 11.1. The number of hydrogen-bond donors (Lipinski definition) is 1. The SMILES string of the molecule is CCNC(=O)N1CC(c2sc(N(C)c3cc(C)c(N=c4sc5ccccc5n4COCC[Si](C)(C)C)nn3)nc2C(=O)OCC)C1. The summed E-state index contributed by atoms with van der Waals surface area (Å²) in [5, 5.41) is 12.4. The lowest BCUT2D eigenvalue weighted by atomic mass is 9.97. The number of hydrogen-bond acceptors (Lipinski definition) is 11. The number of carbonyl (C=O) groups is 2. The molecule has 1 N–H and O–H groups in total. The number of esters is 1. The fraction of sp³-hybridized carbons (Fsp3) is 0.484. The largest absolute Gasteiger partial charge is 0.461 e. The van der Waals surface area contributed by atoms with Crippen molar-refractivity contribution in [3.8, 4) is 0 Å². The van der Waals surface area contributed by atoms with Gasteiger partial charge in [0.05, 0.1) is 16.8 Å². The molecule has 1 aromatic carbocycles. The zero-order valence-corrected chi connectivity index (χ0v) is 30.1. The second-order valence-corrected chi connectivity index (χ2v) is 20.0. The number of aryl methyl sites for hydroxylation is 1. The van der Waals surface area contributed by atoms with E-state index in [9.17, 15) is 9.59 Å². The molecule has 0 bridgehead atoms. The first-order chi connectivity index (χ1) is 22.0. The smallest absolute Gasteiger partial charge is 0.358 e. The van der Waals surface area contributed by atoms with Crippen molar-refractivity contribution in [1.82, 2.24) is 30.0 Å². The number of nitrogens with one attached hydrogen (secondary N) is 1. The van der Waals surface area contributed by atoms with Crippen molar-refractivity contribution >= 4 is 69.7 Å². The van der Waals surface area contributed by atoms with Crippen LogP contribution in [0.1, 0.15) is 40.7 Å². The summed E-state index contributed by atoms with van der Waals surface area (Å²) in [6.07, 6.45) is 0. The van der Waals surface area contributed by atoms with Crippen LogP contribution >= 0.6 is 22.7 Å². The van der Waals surface area contributed by atoms with Crippen LogP contribution in [0.5, 0.6) is 0 Å². The van der Waals surface area contributed by atoms with Crippen molar-refractivity contribution in [1.29, 1.82) is 0 Å². The van der Waals surface area contributed by atoms with Crippen LogP contribution < -0.4 is 15.0 Å². The second kappa shape index (κ2) is 14.4. The number of nitrogens with zero attached hydrogens (tertiary/aromatic N) is 7. The topological polar surface area (TPSA) is 127 Å². The van der Waals surface area contributed by atoms with E-state index in [2.05, 4.69) is 56.8 Å². The van der Waals surface area contributed by atoms with Gasteiger partial charge in [0, 0.05) is 52.2 Å². The van der Waals surface area contributed by atoms with Crippen LogP contribution in [0.25, 0.3) is 10.2 Å². The molecule has 0 spiro atoms. The first-order valence-electron chi connectivity index (χ1n) is 15.5. The third-order valence-electron chi connectivity index (χ3n) is 7.56. The fourth-order valence-corrected chi connectivity index (χ4v) is 7.73. The molecule has 12 nitrogen and oxygen atoms in total. The molecule has 0 saturated carbocycles. The van der Waals surface area contributed by atoms with Gasteiger partial charge in [-0.1, -0.05) is 43.1 Å². The van der Waals surface area contributed by atoms with Gasteiger partial charge < -0.3 is 24.6 Å². The van der Waals surface area contributed by atoms with Crippen LogP contribution in [0.3, 0.4) is 0 Å². The molecule has 0 radical (unpaired) electrons. The Morgan fingerprint density at radius 1 is 1.15 bits per heavy atom. The molecule has 1 aliphatic heterocycles. The molecule has 3 aromatic heterocycles. The van der Waals surface area contributed by atoms with Crippen LogP contribution in [-0.2, 0) is 16.2 Å². The van der Waals surface area contributed by atoms with E-state index in [1.807, 2.05) is 44.0 Å². The summed E-state index contributed by atoms with van der Waals surface area (Å²) in [4.78, 5) is 39.8. The van der Waals surface area contributed by atoms with Gasteiger partial charge in [0.2, 0.25) is 0 Å². The standard InChI is InChI=1S/C31H42N8O4S2Si/c1-8-32-29(41)38-17-21(18-38)26-25(28(40)43-9-2)33-30(45-26)37(4)24-16-20(3)27(36-35-24)34-31-39(19-42-14-15-46(5,6)7)22-12-10-11-13-23(22)44-31/h10-13,16,21H,8-9,14-15,17-19H2,1-7H3,(H,32,41). The quantitative estimate of drug-likeness (QED) is 0.112. The van der Waals surface area contributed by atoms with Gasteiger partial charge in [-0.05, 0) is 50.6 Å². The molecule has 15 heteroatoms. The van der Waals surface area contributed by atoms with Crippen LogP contribution in [0.15, 0.2) is 35.3 Å². The van der Waals surface area contributed by atoms with Crippen molar-refractivity contribution in [3.63, 3.8) is 0 Å². The van der Waals surface area contributed by atoms with Crippen molar-refractivity contribution in [2.75, 3.05) is 44.8 Å². The van der Waals surface area contributed by atoms with E-state index in [4.69, 9.17) is 14.5 Å². The van der Waals surface area contributed by atoms with Gasteiger partial charge in [-0.2, -0.15) is 4.99 Å². The molecular weight excluding hydrogens is 641 g/mol. The van der Waals surface area contributed by atoms with Crippen molar-refractivity contribution < 1.29 is 19.1 Å².